The number of hydrogen-bond acceptors (Lipinski definition) is 4. The van der Waals surface area contributed by atoms with Crippen molar-refractivity contribution in [3.05, 3.63) is 35.9 Å². The number of halogens is 1. The average molecular weight is 354 g/mol. The molecule has 3 nitrogen and oxygen atoms in total. The van der Waals surface area contributed by atoms with E-state index in [0.29, 0.717) is 5.25 Å². The Kier molecular flexibility index (Phi) is 5.02. The predicted molar refractivity (Wildman–Crippen MR) is 90.8 cm³/mol. The van der Waals surface area contributed by atoms with Crippen LogP contribution in [0.5, 0.6) is 0 Å². The van der Waals surface area contributed by atoms with E-state index in [4.69, 9.17) is 0 Å². The van der Waals surface area contributed by atoms with E-state index in [1.54, 1.807) is 0 Å². The van der Waals surface area contributed by atoms with Crippen molar-refractivity contribution in [2.24, 2.45) is 4.99 Å². The molecule has 3 rings (SSSR count). The Morgan fingerprint density at radius 3 is 2.55 bits per heavy atom. The van der Waals surface area contributed by atoms with Gasteiger partial charge in [-0.2, -0.15) is 0 Å². The lowest BCUT2D eigenvalue weighted by molar-refractivity contribution is 0.177. The minimum atomic E-state index is 0.632. The molecule has 1 aromatic rings. The van der Waals surface area contributed by atoms with Crippen LogP contribution < -0.4 is 0 Å². The molecule has 5 heteroatoms. The van der Waals surface area contributed by atoms with Crippen molar-refractivity contribution in [3.63, 3.8) is 0 Å². The van der Waals surface area contributed by atoms with Crippen molar-refractivity contribution in [2.45, 2.75) is 11.8 Å². The van der Waals surface area contributed by atoms with E-state index in [2.05, 4.69) is 61.1 Å². The molecule has 1 fully saturated rings. The first kappa shape index (κ1) is 14.4. The van der Waals surface area contributed by atoms with Gasteiger partial charge in [-0.3, -0.25) is 9.89 Å². The molecule has 1 aromatic carbocycles. The fourth-order valence-electron chi connectivity index (χ4n) is 2.60. The zero-order valence-corrected chi connectivity index (χ0v) is 13.9. The SMILES string of the molecule is BrCC1CN=C(N2CCN(Cc3ccccc3)CC2)S1. The molecule has 2 aliphatic rings. The van der Waals surface area contributed by atoms with Gasteiger partial charge in [0, 0.05) is 43.3 Å². The third-order valence-electron chi connectivity index (χ3n) is 3.77. The molecule has 0 N–H and O–H groups in total. The number of rotatable bonds is 3. The lowest BCUT2D eigenvalue weighted by Gasteiger charge is -2.35. The second kappa shape index (κ2) is 6.96. The third kappa shape index (κ3) is 3.57. The van der Waals surface area contributed by atoms with Gasteiger partial charge in [0.05, 0.1) is 6.54 Å². The lowest BCUT2D eigenvalue weighted by Crippen LogP contribution is -2.47. The molecular weight excluding hydrogens is 334 g/mol. The highest BCUT2D eigenvalue weighted by Crippen LogP contribution is 2.25. The third-order valence-corrected chi connectivity index (χ3v) is 6.22. The Labute approximate surface area is 133 Å². The highest BCUT2D eigenvalue weighted by molar-refractivity contribution is 9.09. The normalized spacial score (nSPS) is 23.9. The Hall–Kier alpha value is -0.520. The number of thioether (sulfide) groups is 1. The molecule has 2 heterocycles. The molecule has 1 unspecified atom stereocenters. The summed E-state index contributed by atoms with van der Waals surface area (Å²) in [4.78, 5) is 9.67. The summed E-state index contributed by atoms with van der Waals surface area (Å²) in [6.45, 7) is 6.51. The molecule has 1 saturated heterocycles. The van der Waals surface area contributed by atoms with Crippen LogP contribution in [0.25, 0.3) is 0 Å². The van der Waals surface area contributed by atoms with E-state index in [0.717, 1.165) is 44.6 Å². The molecule has 0 amide bonds. The zero-order chi connectivity index (χ0) is 13.8. The van der Waals surface area contributed by atoms with E-state index in [9.17, 15) is 0 Å². The number of aliphatic imine (C=N–C) groups is 1. The molecule has 0 spiro atoms. The van der Waals surface area contributed by atoms with Gasteiger partial charge in [-0.25, -0.2) is 0 Å². The summed E-state index contributed by atoms with van der Waals surface area (Å²) in [6.07, 6.45) is 0. The summed E-state index contributed by atoms with van der Waals surface area (Å²) >= 11 is 5.49. The van der Waals surface area contributed by atoms with Crippen LogP contribution in [0.2, 0.25) is 0 Å². The molecule has 2 aliphatic heterocycles. The standard InChI is InChI=1S/C15H20BrN3S/c16-10-14-11-17-15(20-14)19-8-6-18(7-9-19)12-13-4-2-1-3-5-13/h1-5,14H,6-12H2. The summed E-state index contributed by atoms with van der Waals surface area (Å²) in [5.74, 6) is 0. The first-order chi connectivity index (χ1) is 9.85. The maximum Gasteiger partial charge on any atom is 0.159 e. The zero-order valence-electron chi connectivity index (χ0n) is 11.5. The van der Waals surface area contributed by atoms with Gasteiger partial charge in [0.25, 0.3) is 0 Å². The molecule has 108 valence electrons. The van der Waals surface area contributed by atoms with Gasteiger partial charge in [0.1, 0.15) is 0 Å². The van der Waals surface area contributed by atoms with Crippen molar-refractivity contribution < 1.29 is 0 Å². The fourth-order valence-corrected chi connectivity index (χ4v) is 4.19. The number of amidine groups is 1. The Morgan fingerprint density at radius 2 is 1.90 bits per heavy atom. The number of nitrogens with zero attached hydrogens (tertiary/aromatic N) is 3. The summed E-state index contributed by atoms with van der Waals surface area (Å²) < 4.78 is 0. The van der Waals surface area contributed by atoms with E-state index in [1.807, 2.05) is 11.8 Å². The summed E-state index contributed by atoms with van der Waals surface area (Å²) in [5, 5.41) is 2.93. The van der Waals surface area contributed by atoms with Crippen LogP contribution in [-0.4, -0.2) is 58.3 Å². The van der Waals surface area contributed by atoms with Gasteiger partial charge in [0.2, 0.25) is 0 Å². The van der Waals surface area contributed by atoms with Gasteiger partial charge in [0.15, 0.2) is 5.17 Å². The second-order valence-electron chi connectivity index (χ2n) is 5.27. The smallest absolute Gasteiger partial charge is 0.159 e. The van der Waals surface area contributed by atoms with Crippen molar-refractivity contribution >= 4 is 32.9 Å². The van der Waals surface area contributed by atoms with E-state index >= 15 is 0 Å². The van der Waals surface area contributed by atoms with Gasteiger partial charge < -0.3 is 4.90 Å². The average Bonchev–Trinajstić information content (AvgIpc) is 2.98. The largest absolute Gasteiger partial charge is 0.349 e. The maximum atomic E-state index is 4.68. The van der Waals surface area contributed by atoms with E-state index in [-0.39, 0.29) is 0 Å². The minimum Gasteiger partial charge on any atom is -0.349 e. The molecule has 0 aliphatic carbocycles. The molecule has 0 radical (unpaired) electrons. The Bertz CT molecular complexity index is 457. The number of hydrogen-bond donors (Lipinski definition) is 0. The van der Waals surface area contributed by atoms with Crippen LogP contribution in [0.4, 0.5) is 0 Å². The van der Waals surface area contributed by atoms with Crippen molar-refractivity contribution in [3.8, 4) is 0 Å². The lowest BCUT2D eigenvalue weighted by atomic mass is 10.2. The highest BCUT2D eigenvalue weighted by atomic mass is 79.9. The van der Waals surface area contributed by atoms with Crippen LogP contribution in [0.15, 0.2) is 35.3 Å². The van der Waals surface area contributed by atoms with Crippen LogP contribution in [0.3, 0.4) is 0 Å². The van der Waals surface area contributed by atoms with Gasteiger partial charge >= 0.3 is 0 Å². The molecule has 0 saturated carbocycles. The van der Waals surface area contributed by atoms with Crippen molar-refractivity contribution in [2.75, 3.05) is 38.1 Å². The molecular formula is C15H20BrN3S. The Balaban J connectivity index is 1.48. The quantitative estimate of drug-likeness (QED) is 0.778. The van der Waals surface area contributed by atoms with E-state index in [1.165, 1.54) is 10.7 Å². The van der Waals surface area contributed by atoms with Crippen molar-refractivity contribution in [1.29, 1.82) is 0 Å². The molecule has 1 atom stereocenters. The summed E-state index contributed by atoms with van der Waals surface area (Å²) in [7, 11) is 0. The first-order valence-corrected chi connectivity index (χ1v) is 9.13. The van der Waals surface area contributed by atoms with Gasteiger partial charge in [-0.1, -0.05) is 58.0 Å². The second-order valence-corrected chi connectivity index (χ2v) is 7.18. The summed E-state index contributed by atoms with van der Waals surface area (Å²) in [5.41, 5.74) is 1.41. The number of alkyl halides is 1. The Morgan fingerprint density at radius 1 is 1.15 bits per heavy atom. The molecule has 0 bridgehead atoms. The van der Waals surface area contributed by atoms with Crippen molar-refractivity contribution in [1.82, 2.24) is 9.80 Å². The highest BCUT2D eigenvalue weighted by Gasteiger charge is 2.26. The topological polar surface area (TPSA) is 18.8 Å². The maximum absolute atomic E-state index is 4.68. The van der Waals surface area contributed by atoms with Gasteiger partial charge in [-0.05, 0) is 5.56 Å². The van der Waals surface area contributed by atoms with Crippen LogP contribution in [0, 0.1) is 0 Å². The number of benzene rings is 1. The van der Waals surface area contributed by atoms with Crippen LogP contribution in [0.1, 0.15) is 5.56 Å². The predicted octanol–water partition coefficient (Wildman–Crippen LogP) is 2.67. The monoisotopic (exact) mass is 353 g/mol. The number of piperazine rings is 1. The van der Waals surface area contributed by atoms with Crippen LogP contribution >= 0.6 is 27.7 Å². The molecule has 20 heavy (non-hydrogen) atoms. The first-order valence-electron chi connectivity index (χ1n) is 7.13. The van der Waals surface area contributed by atoms with Crippen LogP contribution in [-0.2, 0) is 6.54 Å². The minimum absolute atomic E-state index is 0.632. The van der Waals surface area contributed by atoms with Gasteiger partial charge in [-0.15, -0.1) is 0 Å². The fraction of sp³-hybridized carbons (Fsp3) is 0.533. The van der Waals surface area contributed by atoms with E-state index < -0.39 is 0 Å². The molecule has 0 aromatic heterocycles. The summed E-state index contributed by atoms with van der Waals surface area (Å²) in [6, 6.07) is 10.7.